The predicted molar refractivity (Wildman–Crippen MR) is 82.3 cm³/mol. The molecule has 0 saturated heterocycles. The van der Waals surface area contributed by atoms with Gasteiger partial charge in [0.1, 0.15) is 11.5 Å². The molecule has 0 bridgehead atoms. The molecule has 0 radical (unpaired) electrons. The number of ether oxygens (including phenoxy) is 1. The Morgan fingerprint density at radius 1 is 1.15 bits per heavy atom. The molecule has 3 nitrogen and oxygen atoms in total. The summed E-state index contributed by atoms with van der Waals surface area (Å²) in [4.78, 5) is 14.1. The Morgan fingerprint density at radius 3 is 2.35 bits per heavy atom. The van der Waals surface area contributed by atoms with Crippen LogP contribution in [0, 0.1) is 6.57 Å². The fourth-order valence-corrected chi connectivity index (χ4v) is 2.41. The van der Waals surface area contributed by atoms with E-state index in [4.69, 9.17) is 34.5 Å². The largest absolute Gasteiger partial charge is 0.457 e. The second-order valence-corrected chi connectivity index (χ2v) is 5.42. The van der Waals surface area contributed by atoms with Crippen molar-refractivity contribution in [1.82, 2.24) is 0 Å². The van der Waals surface area contributed by atoms with Gasteiger partial charge in [0.05, 0.1) is 16.6 Å². The van der Waals surface area contributed by atoms with E-state index in [1.807, 2.05) is 0 Å². The highest BCUT2D eigenvalue weighted by Gasteiger charge is 2.10. The average Bonchev–Trinajstić information content (AvgIpc) is 2.40. The monoisotopic (exact) mass is 369 g/mol. The van der Waals surface area contributed by atoms with Gasteiger partial charge >= 0.3 is 0 Å². The zero-order valence-electron chi connectivity index (χ0n) is 9.86. The lowest BCUT2D eigenvalue weighted by Crippen LogP contribution is -1.88. The summed E-state index contributed by atoms with van der Waals surface area (Å²) in [5, 5.41) is 0.436. The minimum atomic E-state index is 0.185. The molecule has 0 N–H and O–H groups in total. The van der Waals surface area contributed by atoms with Gasteiger partial charge in [-0.2, -0.15) is 0 Å². The maximum Gasteiger partial charge on any atom is 0.223 e. The molecule has 0 fully saturated rings. The number of hydrogen-bond donors (Lipinski definition) is 0. The highest BCUT2D eigenvalue weighted by atomic mass is 79.9. The van der Waals surface area contributed by atoms with Crippen molar-refractivity contribution in [3.63, 3.8) is 0 Å². The number of hydrogen-bond acceptors (Lipinski definition) is 2. The maximum atomic E-state index is 10.9. The molecule has 0 heterocycles. The first-order chi connectivity index (χ1) is 9.55. The molecule has 2 aromatic carbocycles. The zero-order chi connectivity index (χ0) is 14.7. The molecule has 0 atom stereocenters. The lowest BCUT2D eigenvalue weighted by Gasteiger charge is -2.09. The number of nitrogens with zero attached hydrogens (tertiary/aromatic N) is 1. The zero-order valence-corrected chi connectivity index (χ0v) is 13.0. The summed E-state index contributed by atoms with van der Waals surface area (Å²) in [6, 6.07) is 7.99. The van der Waals surface area contributed by atoms with Gasteiger partial charge in [0, 0.05) is 10.0 Å². The van der Waals surface area contributed by atoms with E-state index < -0.39 is 0 Å². The molecule has 0 aliphatic heterocycles. The number of benzene rings is 2. The lowest BCUT2D eigenvalue weighted by atomic mass is 10.2. The number of aldehydes is 1. The Bertz CT molecular complexity index is 703. The molecule has 6 heteroatoms. The van der Waals surface area contributed by atoms with Gasteiger partial charge in [-0.1, -0.05) is 39.1 Å². The number of rotatable bonds is 3. The molecule has 0 aliphatic rings. The van der Waals surface area contributed by atoms with E-state index in [1.54, 1.807) is 18.2 Å². The third-order valence-electron chi connectivity index (χ3n) is 2.43. The van der Waals surface area contributed by atoms with Crippen LogP contribution >= 0.6 is 39.1 Å². The van der Waals surface area contributed by atoms with E-state index in [9.17, 15) is 4.79 Å². The lowest BCUT2D eigenvalue weighted by molar-refractivity contribution is 0.112. The third-order valence-corrected chi connectivity index (χ3v) is 3.73. The van der Waals surface area contributed by atoms with Gasteiger partial charge in [0.15, 0.2) is 6.29 Å². The van der Waals surface area contributed by atoms with E-state index in [0.717, 1.165) is 6.29 Å². The van der Waals surface area contributed by atoms with Crippen LogP contribution in [0.4, 0.5) is 5.69 Å². The molecular formula is C14H6BrCl2NO2. The molecule has 0 unspecified atom stereocenters. The number of carbonyl (C=O) groups is 1. The highest BCUT2D eigenvalue weighted by Crippen LogP contribution is 2.38. The van der Waals surface area contributed by atoms with Gasteiger partial charge in [-0.15, -0.1) is 0 Å². The first-order valence-corrected chi connectivity index (χ1v) is 6.89. The standard InChI is InChI=1S/C14H6BrCl2NO2/c1-18-14-12(16)5-10(6-13(14)17)20-9-2-3-11(15)8(4-9)7-19/h2-7H. The molecule has 0 spiro atoms. The molecule has 100 valence electrons. The minimum absolute atomic E-state index is 0.185. The summed E-state index contributed by atoms with van der Waals surface area (Å²) in [5.41, 5.74) is 0.655. The summed E-state index contributed by atoms with van der Waals surface area (Å²) in [5.74, 6) is 0.865. The first kappa shape index (κ1) is 14.9. The number of carbonyl (C=O) groups excluding carboxylic acids is 1. The van der Waals surface area contributed by atoms with Crippen molar-refractivity contribution in [2.45, 2.75) is 0 Å². The average molecular weight is 371 g/mol. The van der Waals surface area contributed by atoms with Crippen LogP contribution in [0.2, 0.25) is 10.0 Å². The Labute approximate surface area is 134 Å². The van der Waals surface area contributed by atoms with Crippen LogP contribution in [0.25, 0.3) is 4.85 Å². The van der Waals surface area contributed by atoms with E-state index in [-0.39, 0.29) is 15.7 Å². The molecule has 0 amide bonds. The molecule has 0 aromatic heterocycles. The van der Waals surface area contributed by atoms with Gasteiger partial charge in [-0.05, 0) is 30.3 Å². The summed E-state index contributed by atoms with van der Waals surface area (Å²) >= 11 is 15.1. The van der Waals surface area contributed by atoms with Crippen molar-refractivity contribution >= 4 is 51.1 Å². The van der Waals surface area contributed by atoms with E-state index >= 15 is 0 Å². The van der Waals surface area contributed by atoms with Gasteiger partial charge in [0.25, 0.3) is 0 Å². The van der Waals surface area contributed by atoms with Crippen molar-refractivity contribution in [2.24, 2.45) is 0 Å². The van der Waals surface area contributed by atoms with Gasteiger partial charge in [0.2, 0.25) is 5.69 Å². The number of halogens is 3. The smallest absolute Gasteiger partial charge is 0.223 e. The van der Waals surface area contributed by atoms with Gasteiger partial charge in [-0.25, -0.2) is 4.85 Å². The normalized spacial score (nSPS) is 9.90. The SMILES string of the molecule is [C-]#[N+]c1c(Cl)cc(Oc2ccc(Br)c(C=O)c2)cc1Cl. The molecule has 20 heavy (non-hydrogen) atoms. The van der Waals surface area contributed by atoms with Crippen molar-refractivity contribution < 1.29 is 9.53 Å². The van der Waals surface area contributed by atoms with Crippen LogP contribution in [-0.2, 0) is 0 Å². The Morgan fingerprint density at radius 2 is 1.80 bits per heavy atom. The minimum Gasteiger partial charge on any atom is -0.457 e. The first-order valence-electron chi connectivity index (χ1n) is 5.34. The Balaban J connectivity index is 2.36. The quantitative estimate of drug-likeness (QED) is 0.496. The molecular weight excluding hydrogens is 365 g/mol. The van der Waals surface area contributed by atoms with E-state index in [2.05, 4.69) is 20.8 Å². The fraction of sp³-hybridized carbons (Fsp3) is 0. The summed E-state index contributed by atoms with van der Waals surface area (Å²) in [6.07, 6.45) is 0.721. The topological polar surface area (TPSA) is 30.7 Å². The summed E-state index contributed by atoms with van der Waals surface area (Å²) in [6.45, 7) is 6.96. The van der Waals surface area contributed by atoms with Crippen LogP contribution in [0.5, 0.6) is 11.5 Å². The fourth-order valence-electron chi connectivity index (χ4n) is 1.52. The van der Waals surface area contributed by atoms with Crippen LogP contribution < -0.4 is 4.74 Å². The van der Waals surface area contributed by atoms with Crippen LogP contribution in [-0.4, -0.2) is 6.29 Å². The van der Waals surface area contributed by atoms with Crippen LogP contribution in [0.1, 0.15) is 10.4 Å². The van der Waals surface area contributed by atoms with Crippen molar-refractivity contribution in [3.8, 4) is 11.5 Å². The van der Waals surface area contributed by atoms with Crippen LogP contribution in [0.15, 0.2) is 34.8 Å². The summed E-state index contributed by atoms with van der Waals surface area (Å²) < 4.78 is 6.27. The molecule has 0 saturated carbocycles. The van der Waals surface area contributed by atoms with Crippen molar-refractivity contribution in [2.75, 3.05) is 0 Å². The van der Waals surface area contributed by atoms with Crippen LogP contribution in [0.3, 0.4) is 0 Å². The third kappa shape index (κ3) is 3.13. The Kier molecular flexibility index (Phi) is 4.66. The second kappa shape index (κ2) is 6.27. The molecule has 2 rings (SSSR count). The Hall–Kier alpha value is -1.54. The summed E-state index contributed by atoms with van der Waals surface area (Å²) in [7, 11) is 0. The predicted octanol–water partition coefficient (Wildman–Crippen LogP) is 5.91. The van der Waals surface area contributed by atoms with Gasteiger partial charge in [-0.3, -0.25) is 4.79 Å². The molecule has 2 aromatic rings. The van der Waals surface area contributed by atoms with Gasteiger partial charge < -0.3 is 4.74 Å². The van der Waals surface area contributed by atoms with Crippen molar-refractivity contribution in [1.29, 1.82) is 0 Å². The van der Waals surface area contributed by atoms with Crippen molar-refractivity contribution in [3.05, 3.63) is 61.8 Å². The van der Waals surface area contributed by atoms with E-state index in [0.29, 0.717) is 21.5 Å². The molecule has 0 aliphatic carbocycles. The van der Waals surface area contributed by atoms with E-state index in [1.165, 1.54) is 12.1 Å². The second-order valence-electron chi connectivity index (χ2n) is 3.75. The highest BCUT2D eigenvalue weighted by molar-refractivity contribution is 9.10. The maximum absolute atomic E-state index is 10.9.